The summed E-state index contributed by atoms with van der Waals surface area (Å²) in [5.74, 6) is -0.0496. The van der Waals surface area contributed by atoms with E-state index in [4.69, 9.17) is 0 Å². The lowest BCUT2D eigenvalue weighted by Crippen LogP contribution is -2.40. The molecule has 7 heteroatoms. The first kappa shape index (κ1) is 21.0. The van der Waals surface area contributed by atoms with Crippen molar-refractivity contribution < 1.29 is 14.0 Å². The van der Waals surface area contributed by atoms with E-state index in [0.717, 1.165) is 36.7 Å². The van der Waals surface area contributed by atoms with Gasteiger partial charge in [0, 0.05) is 18.7 Å². The van der Waals surface area contributed by atoms with E-state index in [0.29, 0.717) is 11.4 Å². The quantitative estimate of drug-likeness (QED) is 0.655. The van der Waals surface area contributed by atoms with Crippen molar-refractivity contribution in [1.29, 1.82) is 0 Å². The van der Waals surface area contributed by atoms with Crippen molar-refractivity contribution in [2.45, 2.75) is 51.2 Å². The van der Waals surface area contributed by atoms with Crippen LogP contribution >= 0.6 is 0 Å². The predicted molar refractivity (Wildman–Crippen MR) is 117 cm³/mol. The molecule has 6 nitrogen and oxygen atoms in total. The van der Waals surface area contributed by atoms with Crippen LogP contribution in [-0.4, -0.2) is 39.4 Å². The van der Waals surface area contributed by atoms with Crippen LogP contribution in [0.2, 0.25) is 0 Å². The minimum absolute atomic E-state index is 0.0427. The smallest absolute Gasteiger partial charge is 0.251 e. The van der Waals surface area contributed by atoms with E-state index < -0.39 is 0 Å². The van der Waals surface area contributed by atoms with Crippen molar-refractivity contribution in [3.05, 3.63) is 65.7 Å². The Morgan fingerprint density at radius 2 is 1.81 bits per heavy atom. The van der Waals surface area contributed by atoms with Gasteiger partial charge in [0.2, 0.25) is 5.91 Å². The van der Waals surface area contributed by atoms with Crippen molar-refractivity contribution in [3.8, 4) is 0 Å². The van der Waals surface area contributed by atoms with Gasteiger partial charge in [-0.2, -0.15) is 0 Å². The Bertz CT molecular complexity index is 1070. The number of aromatic nitrogens is 2. The number of imidazole rings is 1. The van der Waals surface area contributed by atoms with Gasteiger partial charge < -0.3 is 14.8 Å². The molecule has 0 spiro atoms. The molecule has 0 atom stereocenters. The van der Waals surface area contributed by atoms with E-state index in [-0.39, 0.29) is 36.8 Å². The lowest BCUT2D eigenvalue weighted by atomic mass is 9.94. The summed E-state index contributed by atoms with van der Waals surface area (Å²) in [5, 5.41) is 2.83. The number of para-hydroxylation sites is 2. The van der Waals surface area contributed by atoms with Gasteiger partial charge in [-0.1, -0.05) is 31.4 Å². The average molecular weight is 423 g/mol. The molecular formula is C24H27FN4O2. The SMILES string of the molecule is CN(C(=O)Cn1c(CNC(=O)c2ccc(F)cc2)nc2ccccc21)C1CCCCC1. The molecule has 31 heavy (non-hydrogen) atoms. The van der Waals surface area contributed by atoms with E-state index in [2.05, 4.69) is 10.3 Å². The van der Waals surface area contributed by atoms with Crippen LogP contribution < -0.4 is 5.32 Å². The molecule has 1 aromatic heterocycles. The Balaban J connectivity index is 1.52. The number of hydrogen-bond donors (Lipinski definition) is 1. The first-order chi connectivity index (χ1) is 15.0. The monoisotopic (exact) mass is 422 g/mol. The van der Waals surface area contributed by atoms with Gasteiger partial charge in [-0.3, -0.25) is 9.59 Å². The van der Waals surface area contributed by atoms with Crippen LogP contribution in [0, 0.1) is 5.82 Å². The fraction of sp³-hybridized carbons (Fsp3) is 0.375. The third-order valence-corrected chi connectivity index (χ3v) is 6.06. The molecule has 162 valence electrons. The van der Waals surface area contributed by atoms with Crippen LogP contribution in [0.1, 0.15) is 48.3 Å². The minimum atomic E-state index is -0.390. The Morgan fingerprint density at radius 3 is 2.55 bits per heavy atom. The van der Waals surface area contributed by atoms with Crippen molar-refractivity contribution in [3.63, 3.8) is 0 Å². The molecule has 0 unspecified atom stereocenters. The molecule has 0 radical (unpaired) electrons. The molecule has 1 aliphatic rings. The summed E-state index contributed by atoms with van der Waals surface area (Å²) in [6, 6.07) is 13.3. The van der Waals surface area contributed by atoms with Gasteiger partial charge in [0.1, 0.15) is 18.2 Å². The Hall–Kier alpha value is -3.22. The molecule has 1 saturated carbocycles. The Labute approximate surface area is 181 Å². The van der Waals surface area contributed by atoms with Crippen molar-refractivity contribution >= 4 is 22.8 Å². The summed E-state index contributed by atoms with van der Waals surface area (Å²) in [6.45, 7) is 0.348. The maximum absolute atomic E-state index is 13.1. The molecule has 1 fully saturated rings. The summed E-state index contributed by atoms with van der Waals surface area (Å²) in [6.07, 6.45) is 5.66. The molecule has 1 N–H and O–H groups in total. The number of halogens is 1. The fourth-order valence-corrected chi connectivity index (χ4v) is 4.22. The van der Waals surface area contributed by atoms with E-state index in [1.165, 1.54) is 30.7 Å². The summed E-state index contributed by atoms with van der Waals surface area (Å²) in [4.78, 5) is 32.0. The van der Waals surface area contributed by atoms with Gasteiger partial charge in [-0.05, 0) is 49.2 Å². The number of benzene rings is 2. The maximum atomic E-state index is 13.1. The van der Waals surface area contributed by atoms with Crippen LogP contribution in [0.15, 0.2) is 48.5 Å². The first-order valence-corrected chi connectivity index (χ1v) is 10.8. The first-order valence-electron chi connectivity index (χ1n) is 10.8. The van der Waals surface area contributed by atoms with Gasteiger partial charge in [0.05, 0.1) is 17.6 Å². The number of hydrogen-bond acceptors (Lipinski definition) is 3. The molecule has 1 aliphatic carbocycles. The highest BCUT2D eigenvalue weighted by atomic mass is 19.1. The second-order valence-electron chi connectivity index (χ2n) is 8.09. The summed E-state index contributed by atoms with van der Waals surface area (Å²) in [7, 11) is 1.88. The normalized spacial score (nSPS) is 14.5. The van der Waals surface area contributed by atoms with Crippen LogP contribution in [0.25, 0.3) is 11.0 Å². The average Bonchev–Trinajstić information content (AvgIpc) is 3.15. The number of amides is 2. The summed E-state index contributed by atoms with van der Waals surface area (Å²) in [5.41, 5.74) is 2.01. The van der Waals surface area contributed by atoms with E-state index in [1.54, 1.807) is 0 Å². The molecule has 2 amide bonds. The van der Waals surface area contributed by atoms with E-state index in [1.807, 2.05) is 40.8 Å². The largest absolute Gasteiger partial charge is 0.345 e. The number of carbonyl (C=O) groups excluding carboxylic acids is 2. The van der Waals surface area contributed by atoms with Crippen molar-refractivity contribution in [2.75, 3.05) is 7.05 Å². The van der Waals surface area contributed by atoms with Gasteiger partial charge in [0.15, 0.2) is 0 Å². The molecule has 2 aromatic carbocycles. The lowest BCUT2D eigenvalue weighted by Gasteiger charge is -2.31. The number of carbonyl (C=O) groups is 2. The molecule has 0 bridgehead atoms. The number of nitrogens with one attached hydrogen (secondary N) is 1. The van der Waals surface area contributed by atoms with Gasteiger partial charge in [-0.15, -0.1) is 0 Å². The van der Waals surface area contributed by atoms with E-state index >= 15 is 0 Å². The topological polar surface area (TPSA) is 67.2 Å². The zero-order chi connectivity index (χ0) is 21.8. The molecule has 0 aliphatic heterocycles. The zero-order valence-corrected chi connectivity index (χ0v) is 17.7. The third-order valence-electron chi connectivity index (χ3n) is 6.06. The fourth-order valence-electron chi connectivity index (χ4n) is 4.22. The van der Waals surface area contributed by atoms with E-state index in [9.17, 15) is 14.0 Å². The van der Waals surface area contributed by atoms with Crippen molar-refractivity contribution in [1.82, 2.24) is 19.8 Å². The highest BCUT2D eigenvalue weighted by Gasteiger charge is 2.23. The standard InChI is InChI=1S/C24H27FN4O2/c1-28(19-7-3-2-4-8-19)23(30)16-29-21-10-6-5-9-20(21)27-22(29)15-26-24(31)17-11-13-18(25)14-12-17/h5-6,9-14,19H,2-4,7-8,15-16H2,1H3,(H,26,31). The van der Waals surface area contributed by atoms with Crippen LogP contribution in [-0.2, 0) is 17.9 Å². The molecule has 1 heterocycles. The molecule has 3 aromatic rings. The second-order valence-corrected chi connectivity index (χ2v) is 8.09. The summed E-state index contributed by atoms with van der Waals surface area (Å²) >= 11 is 0. The summed E-state index contributed by atoms with van der Waals surface area (Å²) < 4.78 is 15.0. The maximum Gasteiger partial charge on any atom is 0.251 e. The zero-order valence-electron chi connectivity index (χ0n) is 17.7. The molecular weight excluding hydrogens is 395 g/mol. The van der Waals surface area contributed by atoms with Crippen LogP contribution in [0.5, 0.6) is 0 Å². The molecule has 4 rings (SSSR count). The number of rotatable bonds is 6. The van der Waals surface area contributed by atoms with Crippen molar-refractivity contribution in [2.24, 2.45) is 0 Å². The number of nitrogens with zero attached hydrogens (tertiary/aromatic N) is 3. The number of likely N-dealkylation sites (N-methyl/N-ethyl adjacent to an activating group) is 1. The van der Waals surface area contributed by atoms with Gasteiger partial charge in [-0.25, -0.2) is 9.37 Å². The predicted octanol–water partition coefficient (Wildman–Crippen LogP) is 3.90. The van der Waals surface area contributed by atoms with Gasteiger partial charge >= 0.3 is 0 Å². The second kappa shape index (κ2) is 9.29. The lowest BCUT2D eigenvalue weighted by molar-refractivity contribution is -0.133. The third kappa shape index (κ3) is 4.76. The van der Waals surface area contributed by atoms with Gasteiger partial charge in [0.25, 0.3) is 5.91 Å². The van der Waals surface area contributed by atoms with Crippen LogP contribution in [0.3, 0.4) is 0 Å². The minimum Gasteiger partial charge on any atom is -0.345 e. The van der Waals surface area contributed by atoms with Crippen LogP contribution in [0.4, 0.5) is 4.39 Å². The highest BCUT2D eigenvalue weighted by molar-refractivity contribution is 5.94. The Morgan fingerprint density at radius 1 is 1.10 bits per heavy atom. The highest BCUT2D eigenvalue weighted by Crippen LogP contribution is 2.23. The Kier molecular flexibility index (Phi) is 6.30. The number of fused-ring (bicyclic) bond motifs is 1. The molecule has 0 saturated heterocycles.